The van der Waals surface area contributed by atoms with Gasteiger partial charge in [0.15, 0.2) is 0 Å². The molecule has 0 spiro atoms. The minimum Gasteiger partial charge on any atom is -0.445 e. The predicted molar refractivity (Wildman–Crippen MR) is 55.6 cm³/mol. The van der Waals surface area contributed by atoms with E-state index in [1.807, 2.05) is 0 Å². The number of alkyl carbamates (subject to hydrolysis) is 1. The molecule has 7 heteroatoms. The topological polar surface area (TPSA) is 38.3 Å². The first-order valence-electron chi connectivity index (χ1n) is 5.02. The Morgan fingerprint density at radius 1 is 1.28 bits per heavy atom. The average molecular weight is 265 g/mol. The third-order valence-electron chi connectivity index (χ3n) is 2.00. The Balaban J connectivity index is 2.31. The summed E-state index contributed by atoms with van der Waals surface area (Å²) in [6.07, 6.45) is -4.99. The van der Waals surface area contributed by atoms with E-state index in [2.05, 4.69) is 4.74 Å². The van der Waals surface area contributed by atoms with E-state index >= 15 is 0 Å². The Kier molecular flexibility index (Phi) is 4.94. The molecule has 1 aromatic carbocycles. The summed E-state index contributed by atoms with van der Waals surface area (Å²) in [6.45, 7) is -1.58. The molecule has 0 saturated heterocycles. The van der Waals surface area contributed by atoms with Crippen LogP contribution in [0.1, 0.15) is 5.56 Å². The number of alkyl halides is 4. The maximum atomic E-state index is 12.4. The lowest BCUT2D eigenvalue weighted by Gasteiger charge is -2.15. The first-order chi connectivity index (χ1) is 8.42. The Hall–Kier alpha value is -1.79. The van der Waals surface area contributed by atoms with Crippen LogP contribution in [0.25, 0.3) is 0 Å². The van der Waals surface area contributed by atoms with E-state index < -0.39 is 25.0 Å². The molecule has 0 unspecified atom stereocenters. The molecule has 0 aliphatic carbocycles. The van der Waals surface area contributed by atoms with Crippen LogP contribution in [0, 0.1) is 0 Å². The van der Waals surface area contributed by atoms with Crippen molar-refractivity contribution in [3.63, 3.8) is 0 Å². The number of ether oxygens (including phenoxy) is 1. The summed E-state index contributed by atoms with van der Waals surface area (Å²) in [5, 5.41) is 1.58. The highest BCUT2D eigenvalue weighted by Gasteiger charge is 2.40. The maximum absolute atomic E-state index is 12.4. The normalized spacial score (nSPS) is 11.4. The number of amides is 1. The molecule has 18 heavy (non-hydrogen) atoms. The maximum Gasteiger partial charge on any atom is 0.407 e. The van der Waals surface area contributed by atoms with Gasteiger partial charge < -0.3 is 10.1 Å². The highest BCUT2D eigenvalue weighted by atomic mass is 19.3. The fourth-order valence-electron chi connectivity index (χ4n) is 1.04. The van der Waals surface area contributed by atoms with Gasteiger partial charge in [-0.05, 0) is 5.56 Å². The van der Waals surface area contributed by atoms with Crippen molar-refractivity contribution in [2.45, 2.75) is 19.0 Å². The number of carbonyl (C=O) groups is 1. The number of halogens is 4. The van der Waals surface area contributed by atoms with Gasteiger partial charge in [0.1, 0.15) is 6.61 Å². The van der Waals surface area contributed by atoms with Crippen molar-refractivity contribution >= 4 is 6.09 Å². The second-order valence-electron chi connectivity index (χ2n) is 3.48. The zero-order valence-electron chi connectivity index (χ0n) is 9.21. The molecule has 0 radical (unpaired) electrons. The first-order valence-corrected chi connectivity index (χ1v) is 5.02. The van der Waals surface area contributed by atoms with Crippen molar-refractivity contribution in [1.82, 2.24) is 5.32 Å². The fraction of sp³-hybridized carbons (Fsp3) is 0.364. The van der Waals surface area contributed by atoms with Crippen molar-refractivity contribution in [2.75, 3.05) is 6.54 Å². The van der Waals surface area contributed by atoms with Crippen LogP contribution in [0.15, 0.2) is 30.3 Å². The van der Waals surface area contributed by atoms with Crippen LogP contribution in [0.4, 0.5) is 22.4 Å². The Bertz CT molecular complexity index is 384. The zero-order chi connectivity index (χ0) is 13.6. The molecule has 1 aromatic rings. The van der Waals surface area contributed by atoms with E-state index in [-0.39, 0.29) is 6.61 Å². The summed E-state index contributed by atoms with van der Waals surface area (Å²) >= 11 is 0. The predicted octanol–water partition coefficient (Wildman–Crippen LogP) is 2.81. The third-order valence-corrected chi connectivity index (χ3v) is 2.00. The molecule has 1 amide bonds. The van der Waals surface area contributed by atoms with Gasteiger partial charge in [0.25, 0.3) is 0 Å². The molecule has 0 aromatic heterocycles. The number of carbonyl (C=O) groups excluding carboxylic acids is 1. The van der Waals surface area contributed by atoms with Crippen molar-refractivity contribution in [3.05, 3.63) is 35.9 Å². The van der Waals surface area contributed by atoms with Crippen molar-refractivity contribution < 1.29 is 27.1 Å². The summed E-state index contributed by atoms with van der Waals surface area (Å²) in [5.74, 6) is -4.26. The molecule has 3 nitrogen and oxygen atoms in total. The van der Waals surface area contributed by atoms with Crippen LogP contribution in [0.2, 0.25) is 0 Å². The van der Waals surface area contributed by atoms with Gasteiger partial charge in [-0.15, -0.1) is 0 Å². The molecule has 1 N–H and O–H groups in total. The molecular formula is C11H11F4NO2. The van der Waals surface area contributed by atoms with Crippen LogP contribution in [0.5, 0.6) is 0 Å². The quantitative estimate of drug-likeness (QED) is 0.831. The molecule has 0 aliphatic rings. The SMILES string of the molecule is O=C(NCC(F)(F)C(F)F)OCc1ccccc1. The smallest absolute Gasteiger partial charge is 0.407 e. The van der Waals surface area contributed by atoms with Gasteiger partial charge in [-0.25, -0.2) is 13.6 Å². The molecule has 0 saturated carbocycles. The summed E-state index contributed by atoms with van der Waals surface area (Å²) < 4.78 is 53.0. The van der Waals surface area contributed by atoms with E-state index in [0.29, 0.717) is 5.56 Å². The van der Waals surface area contributed by atoms with Crippen molar-refractivity contribution in [1.29, 1.82) is 0 Å². The summed E-state index contributed by atoms with van der Waals surface area (Å²) in [5.41, 5.74) is 0.660. The number of benzene rings is 1. The second-order valence-corrected chi connectivity index (χ2v) is 3.48. The monoisotopic (exact) mass is 265 g/mol. The summed E-state index contributed by atoms with van der Waals surface area (Å²) in [7, 11) is 0. The largest absolute Gasteiger partial charge is 0.445 e. The summed E-state index contributed by atoms with van der Waals surface area (Å²) in [6, 6.07) is 8.51. The van der Waals surface area contributed by atoms with Crippen molar-refractivity contribution in [2.24, 2.45) is 0 Å². The van der Waals surface area contributed by atoms with Gasteiger partial charge in [-0.3, -0.25) is 0 Å². The molecule has 0 fully saturated rings. The second kappa shape index (κ2) is 6.23. The number of hydrogen-bond donors (Lipinski definition) is 1. The fourth-order valence-corrected chi connectivity index (χ4v) is 1.04. The number of rotatable bonds is 5. The number of hydrogen-bond acceptors (Lipinski definition) is 2. The van der Waals surface area contributed by atoms with Gasteiger partial charge in [-0.1, -0.05) is 30.3 Å². The zero-order valence-corrected chi connectivity index (χ0v) is 9.21. The molecule has 100 valence electrons. The Morgan fingerprint density at radius 3 is 2.44 bits per heavy atom. The van der Waals surface area contributed by atoms with Crippen LogP contribution < -0.4 is 5.32 Å². The highest BCUT2D eigenvalue weighted by Crippen LogP contribution is 2.21. The molecule has 0 heterocycles. The molecular weight excluding hydrogens is 254 g/mol. The first kappa shape index (κ1) is 14.3. The third kappa shape index (κ3) is 4.60. The van der Waals surface area contributed by atoms with Gasteiger partial charge in [0.2, 0.25) is 0 Å². The minimum atomic E-state index is -4.26. The molecule has 0 atom stereocenters. The molecule has 0 bridgehead atoms. The van der Waals surface area contributed by atoms with Crippen LogP contribution >= 0.6 is 0 Å². The Morgan fingerprint density at radius 2 is 1.89 bits per heavy atom. The molecule has 1 rings (SSSR count). The van der Waals surface area contributed by atoms with E-state index in [4.69, 9.17) is 0 Å². The lowest BCUT2D eigenvalue weighted by molar-refractivity contribution is -0.124. The van der Waals surface area contributed by atoms with Gasteiger partial charge in [0.05, 0.1) is 6.54 Å². The Labute approximate surface area is 101 Å². The van der Waals surface area contributed by atoms with Crippen LogP contribution in [-0.4, -0.2) is 25.0 Å². The lowest BCUT2D eigenvalue weighted by Crippen LogP contribution is -2.41. The van der Waals surface area contributed by atoms with E-state index in [1.165, 1.54) is 0 Å². The lowest BCUT2D eigenvalue weighted by atomic mass is 10.2. The van der Waals surface area contributed by atoms with Crippen LogP contribution in [-0.2, 0) is 11.3 Å². The number of nitrogens with one attached hydrogen (secondary N) is 1. The average Bonchev–Trinajstić information content (AvgIpc) is 2.35. The molecule has 0 aliphatic heterocycles. The van der Waals surface area contributed by atoms with Gasteiger partial charge >= 0.3 is 18.4 Å². The van der Waals surface area contributed by atoms with Gasteiger partial charge in [0, 0.05) is 0 Å². The van der Waals surface area contributed by atoms with Gasteiger partial charge in [-0.2, -0.15) is 8.78 Å². The van der Waals surface area contributed by atoms with E-state index in [9.17, 15) is 22.4 Å². The highest BCUT2D eigenvalue weighted by molar-refractivity contribution is 5.67. The van der Waals surface area contributed by atoms with E-state index in [1.54, 1.807) is 35.6 Å². The minimum absolute atomic E-state index is 0.118. The van der Waals surface area contributed by atoms with E-state index in [0.717, 1.165) is 0 Å². The standard InChI is InChI=1S/C11H11F4NO2/c12-9(13)11(14,15)7-16-10(17)18-6-8-4-2-1-3-5-8/h1-5,9H,6-7H2,(H,16,17). The van der Waals surface area contributed by atoms with Crippen LogP contribution in [0.3, 0.4) is 0 Å². The van der Waals surface area contributed by atoms with Crippen molar-refractivity contribution in [3.8, 4) is 0 Å². The summed E-state index contributed by atoms with van der Waals surface area (Å²) in [4.78, 5) is 11.0.